The van der Waals surface area contributed by atoms with Gasteiger partial charge in [0.05, 0.1) is 0 Å². The van der Waals surface area contributed by atoms with E-state index in [4.69, 9.17) is 21.8 Å². The molecule has 1 aliphatic rings. The van der Waals surface area contributed by atoms with Crippen molar-refractivity contribution in [1.82, 2.24) is 10.2 Å². The molecule has 1 fully saturated rings. The van der Waals surface area contributed by atoms with Gasteiger partial charge < -0.3 is 20.0 Å². The van der Waals surface area contributed by atoms with Crippen LogP contribution in [-0.2, 0) is 6.42 Å². The van der Waals surface area contributed by atoms with Crippen molar-refractivity contribution >= 4 is 23.3 Å². The lowest BCUT2D eigenvalue weighted by molar-refractivity contribution is 0.475. The Bertz CT molecular complexity index is 577. The van der Waals surface area contributed by atoms with Crippen LogP contribution in [-0.4, -0.2) is 42.9 Å². The molecule has 1 saturated heterocycles. The molecule has 0 bridgehead atoms. The van der Waals surface area contributed by atoms with Gasteiger partial charge in [-0.25, -0.2) is 0 Å². The van der Waals surface area contributed by atoms with Crippen LogP contribution in [0.5, 0.6) is 0 Å². The van der Waals surface area contributed by atoms with E-state index >= 15 is 0 Å². The maximum absolute atomic E-state index is 5.92. The van der Waals surface area contributed by atoms with Gasteiger partial charge in [0.1, 0.15) is 0 Å². The first-order chi connectivity index (χ1) is 10.3. The van der Waals surface area contributed by atoms with Gasteiger partial charge in [0.15, 0.2) is 0 Å². The highest BCUT2D eigenvalue weighted by atomic mass is 35.5. The molecule has 6 nitrogen and oxygen atoms in total. The third-order valence-electron chi connectivity index (χ3n) is 3.56. The Balaban J connectivity index is 1.60. The van der Waals surface area contributed by atoms with Crippen molar-refractivity contribution in [2.24, 2.45) is 5.73 Å². The van der Waals surface area contributed by atoms with Gasteiger partial charge in [0.25, 0.3) is 0 Å². The van der Waals surface area contributed by atoms with Crippen LogP contribution in [0.1, 0.15) is 5.89 Å². The zero-order valence-corrected chi connectivity index (χ0v) is 12.5. The van der Waals surface area contributed by atoms with Gasteiger partial charge in [0, 0.05) is 49.9 Å². The van der Waals surface area contributed by atoms with Gasteiger partial charge in [-0.15, -0.1) is 5.10 Å². The van der Waals surface area contributed by atoms with Crippen LogP contribution in [0.15, 0.2) is 28.7 Å². The number of rotatable bonds is 4. The number of aromatic nitrogens is 2. The maximum atomic E-state index is 5.92. The Hall–Kier alpha value is -1.79. The number of piperazine rings is 1. The molecular weight excluding hydrogens is 290 g/mol. The van der Waals surface area contributed by atoms with Crippen LogP contribution in [0.2, 0.25) is 5.02 Å². The predicted octanol–water partition coefficient (Wildman–Crippen LogP) is 1.55. The standard InChI is InChI=1S/C14H18ClN5O/c15-11-1-3-12(4-2-11)19-7-9-20(10-8-19)14-18-17-13(21-14)5-6-16/h1-4H,5-10,16H2. The molecule has 1 aromatic carbocycles. The molecule has 0 saturated carbocycles. The average Bonchev–Trinajstić information content (AvgIpc) is 2.97. The number of hydrogen-bond donors (Lipinski definition) is 1. The normalized spacial score (nSPS) is 15.5. The number of nitrogens with two attached hydrogens (primary N) is 1. The number of hydrogen-bond acceptors (Lipinski definition) is 6. The average molecular weight is 308 g/mol. The van der Waals surface area contributed by atoms with Gasteiger partial charge in [0.2, 0.25) is 5.89 Å². The summed E-state index contributed by atoms with van der Waals surface area (Å²) in [5, 5.41) is 8.85. The summed E-state index contributed by atoms with van der Waals surface area (Å²) in [6, 6.07) is 8.52. The maximum Gasteiger partial charge on any atom is 0.318 e. The number of benzene rings is 1. The molecular formula is C14H18ClN5O. The zero-order chi connectivity index (χ0) is 14.7. The monoisotopic (exact) mass is 307 g/mol. The third-order valence-corrected chi connectivity index (χ3v) is 3.81. The van der Waals surface area contributed by atoms with Crippen molar-refractivity contribution < 1.29 is 4.42 Å². The summed E-state index contributed by atoms with van der Waals surface area (Å²) >= 11 is 5.92. The van der Waals surface area contributed by atoms with Gasteiger partial charge >= 0.3 is 6.01 Å². The summed E-state index contributed by atoms with van der Waals surface area (Å²) in [5.74, 6) is 0.604. The molecule has 0 atom stereocenters. The number of halogens is 1. The lowest BCUT2D eigenvalue weighted by atomic mass is 10.2. The molecule has 0 aliphatic carbocycles. The molecule has 3 rings (SSSR count). The van der Waals surface area contributed by atoms with Crippen molar-refractivity contribution in [3.8, 4) is 0 Å². The summed E-state index contributed by atoms with van der Waals surface area (Å²) in [7, 11) is 0. The van der Waals surface area contributed by atoms with Crippen LogP contribution < -0.4 is 15.5 Å². The summed E-state index contributed by atoms with van der Waals surface area (Å²) in [4.78, 5) is 4.43. The van der Waals surface area contributed by atoms with E-state index in [0.29, 0.717) is 24.9 Å². The van der Waals surface area contributed by atoms with E-state index in [-0.39, 0.29) is 0 Å². The molecule has 7 heteroatoms. The van der Waals surface area contributed by atoms with Crippen molar-refractivity contribution in [2.45, 2.75) is 6.42 Å². The fourth-order valence-electron chi connectivity index (χ4n) is 2.40. The quantitative estimate of drug-likeness (QED) is 0.924. The Labute approximate surface area is 128 Å². The topological polar surface area (TPSA) is 71.4 Å². The third kappa shape index (κ3) is 3.28. The predicted molar refractivity (Wildman–Crippen MR) is 82.9 cm³/mol. The van der Waals surface area contributed by atoms with Crippen molar-refractivity contribution in [3.63, 3.8) is 0 Å². The fraction of sp³-hybridized carbons (Fsp3) is 0.429. The highest BCUT2D eigenvalue weighted by molar-refractivity contribution is 6.30. The second kappa shape index (κ2) is 6.32. The van der Waals surface area contributed by atoms with Crippen LogP contribution in [0.3, 0.4) is 0 Å². The zero-order valence-electron chi connectivity index (χ0n) is 11.7. The van der Waals surface area contributed by atoms with E-state index in [2.05, 4.69) is 20.0 Å². The highest BCUT2D eigenvalue weighted by Gasteiger charge is 2.21. The lowest BCUT2D eigenvalue weighted by Crippen LogP contribution is -2.46. The van der Waals surface area contributed by atoms with E-state index in [1.54, 1.807) is 0 Å². The summed E-state index contributed by atoms with van der Waals surface area (Å²) < 4.78 is 5.61. The Morgan fingerprint density at radius 1 is 1.05 bits per heavy atom. The van der Waals surface area contributed by atoms with Gasteiger partial charge in [-0.3, -0.25) is 0 Å². The minimum absolute atomic E-state index is 0.520. The first-order valence-corrected chi connectivity index (χ1v) is 7.42. The van der Waals surface area contributed by atoms with Gasteiger partial charge in [-0.05, 0) is 24.3 Å². The largest absolute Gasteiger partial charge is 0.408 e. The molecule has 1 aromatic heterocycles. The van der Waals surface area contributed by atoms with Crippen molar-refractivity contribution in [2.75, 3.05) is 42.5 Å². The van der Waals surface area contributed by atoms with Crippen LogP contribution in [0.4, 0.5) is 11.7 Å². The molecule has 112 valence electrons. The summed E-state index contributed by atoms with van der Waals surface area (Å²) in [5.41, 5.74) is 6.67. The van der Waals surface area contributed by atoms with Crippen molar-refractivity contribution in [3.05, 3.63) is 35.2 Å². The van der Waals surface area contributed by atoms with E-state index in [9.17, 15) is 0 Å². The number of anilines is 2. The first kappa shape index (κ1) is 14.2. The van der Waals surface area contributed by atoms with Crippen LogP contribution >= 0.6 is 11.6 Å². The fourth-order valence-corrected chi connectivity index (χ4v) is 2.53. The van der Waals surface area contributed by atoms with E-state index in [0.717, 1.165) is 31.2 Å². The van der Waals surface area contributed by atoms with E-state index < -0.39 is 0 Å². The van der Waals surface area contributed by atoms with E-state index in [1.807, 2.05) is 24.3 Å². The molecule has 2 aromatic rings. The van der Waals surface area contributed by atoms with Gasteiger partial charge in [-0.1, -0.05) is 16.7 Å². The molecule has 1 aliphatic heterocycles. The molecule has 0 unspecified atom stereocenters. The van der Waals surface area contributed by atoms with Crippen LogP contribution in [0, 0.1) is 0 Å². The SMILES string of the molecule is NCCc1nnc(N2CCN(c3ccc(Cl)cc3)CC2)o1. The Kier molecular flexibility index (Phi) is 4.26. The highest BCUT2D eigenvalue weighted by Crippen LogP contribution is 2.21. The molecule has 0 amide bonds. The molecule has 0 radical (unpaired) electrons. The summed E-state index contributed by atoms with van der Waals surface area (Å²) in [6.45, 7) is 4.05. The van der Waals surface area contributed by atoms with Crippen LogP contribution in [0.25, 0.3) is 0 Å². The minimum Gasteiger partial charge on any atom is -0.408 e. The smallest absolute Gasteiger partial charge is 0.318 e. The Morgan fingerprint density at radius 2 is 1.71 bits per heavy atom. The van der Waals surface area contributed by atoms with Crippen molar-refractivity contribution in [1.29, 1.82) is 0 Å². The first-order valence-electron chi connectivity index (χ1n) is 7.04. The van der Waals surface area contributed by atoms with E-state index in [1.165, 1.54) is 5.69 Å². The molecule has 2 N–H and O–H groups in total. The second-order valence-electron chi connectivity index (χ2n) is 4.97. The second-order valence-corrected chi connectivity index (χ2v) is 5.40. The molecule has 2 heterocycles. The van der Waals surface area contributed by atoms with Gasteiger partial charge in [-0.2, -0.15) is 0 Å². The Morgan fingerprint density at radius 3 is 2.38 bits per heavy atom. The number of nitrogens with zero attached hydrogens (tertiary/aromatic N) is 4. The molecule has 21 heavy (non-hydrogen) atoms. The molecule has 0 spiro atoms. The summed E-state index contributed by atoms with van der Waals surface area (Å²) in [6.07, 6.45) is 0.623. The minimum atomic E-state index is 0.520. The lowest BCUT2D eigenvalue weighted by Gasteiger charge is -2.35.